The Hall–Kier alpha value is -1.52. The lowest BCUT2D eigenvalue weighted by Gasteiger charge is -2.19. The molecule has 3 rings (SSSR count). The van der Waals surface area contributed by atoms with E-state index in [0.29, 0.717) is 12.5 Å². The third kappa shape index (κ3) is 2.09. The first-order valence-electron chi connectivity index (χ1n) is 6.77. The van der Waals surface area contributed by atoms with Gasteiger partial charge >= 0.3 is 6.09 Å². The van der Waals surface area contributed by atoms with E-state index in [1.165, 1.54) is 29.8 Å². The van der Waals surface area contributed by atoms with E-state index in [1.54, 1.807) is 4.90 Å². The van der Waals surface area contributed by atoms with Gasteiger partial charge < -0.3 is 9.64 Å². The SMILES string of the molecule is CCOC(=O)N1CCc2[nH]nc(C3CC3)c2CC1. The van der Waals surface area contributed by atoms with Crippen LogP contribution in [-0.2, 0) is 17.6 Å². The number of H-pyrrole nitrogens is 1. The van der Waals surface area contributed by atoms with E-state index >= 15 is 0 Å². The van der Waals surface area contributed by atoms with Crippen molar-refractivity contribution in [3.63, 3.8) is 0 Å². The van der Waals surface area contributed by atoms with Crippen molar-refractivity contribution in [3.05, 3.63) is 17.0 Å². The van der Waals surface area contributed by atoms with Gasteiger partial charge in [-0.25, -0.2) is 4.79 Å². The molecule has 5 heteroatoms. The molecule has 98 valence electrons. The standard InChI is InChI=1S/C13H19N3O2/c1-2-18-13(17)16-7-5-10-11(6-8-16)14-15-12(10)9-3-4-9/h9H,2-8H2,1H3,(H,14,15). The first-order chi connectivity index (χ1) is 8.79. The van der Waals surface area contributed by atoms with Crippen molar-refractivity contribution in [1.82, 2.24) is 15.1 Å². The number of hydrogen-bond acceptors (Lipinski definition) is 3. The molecule has 2 heterocycles. The van der Waals surface area contributed by atoms with Crippen molar-refractivity contribution < 1.29 is 9.53 Å². The summed E-state index contributed by atoms with van der Waals surface area (Å²) in [6, 6.07) is 0. The number of amides is 1. The average molecular weight is 249 g/mol. The number of carbonyl (C=O) groups is 1. The minimum Gasteiger partial charge on any atom is -0.450 e. The van der Waals surface area contributed by atoms with Crippen LogP contribution in [0.15, 0.2) is 0 Å². The molecular formula is C13H19N3O2. The van der Waals surface area contributed by atoms with Crippen LogP contribution in [0.25, 0.3) is 0 Å². The third-order valence-corrected chi connectivity index (χ3v) is 3.74. The van der Waals surface area contributed by atoms with Crippen LogP contribution in [0, 0.1) is 0 Å². The molecule has 18 heavy (non-hydrogen) atoms. The summed E-state index contributed by atoms with van der Waals surface area (Å²) >= 11 is 0. The summed E-state index contributed by atoms with van der Waals surface area (Å²) in [7, 11) is 0. The second kappa shape index (κ2) is 4.63. The molecule has 1 N–H and O–H groups in total. The topological polar surface area (TPSA) is 58.2 Å². The molecule has 0 unspecified atom stereocenters. The number of hydrogen-bond donors (Lipinski definition) is 1. The molecule has 2 aliphatic rings. The zero-order valence-corrected chi connectivity index (χ0v) is 10.7. The van der Waals surface area contributed by atoms with Gasteiger partial charge in [-0.05, 0) is 31.7 Å². The van der Waals surface area contributed by atoms with Gasteiger partial charge in [0.25, 0.3) is 0 Å². The molecule has 1 aliphatic carbocycles. The van der Waals surface area contributed by atoms with E-state index in [2.05, 4.69) is 10.2 Å². The predicted octanol–water partition coefficient (Wildman–Crippen LogP) is 1.84. The highest BCUT2D eigenvalue weighted by molar-refractivity contribution is 5.67. The van der Waals surface area contributed by atoms with Crippen molar-refractivity contribution in [2.24, 2.45) is 0 Å². The van der Waals surface area contributed by atoms with Crippen molar-refractivity contribution in [2.45, 2.75) is 38.5 Å². The minimum absolute atomic E-state index is 0.191. The normalized spacial score (nSPS) is 19.3. The molecule has 1 saturated carbocycles. The van der Waals surface area contributed by atoms with Crippen LogP contribution < -0.4 is 0 Å². The number of nitrogens with zero attached hydrogens (tertiary/aromatic N) is 2. The van der Waals surface area contributed by atoms with E-state index < -0.39 is 0 Å². The monoisotopic (exact) mass is 249 g/mol. The van der Waals surface area contributed by atoms with Gasteiger partial charge in [-0.3, -0.25) is 5.10 Å². The van der Waals surface area contributed by atoms with Crippen molar-refractivity contribution >= 4 is 6.09 Å². The summed E-state index contributed by atoms with van der Waals surface area (Å²) in [5.74, 6) is 0.666. The molecule has 5 nitrogen and oxygen atoms in total. The first-order valence-corrected chi connectivity index (χ1v) is 6.77. The quantitative estimate of drug-likeness (QED) is 0.870. The third-order valence-electron chi connectivity index (χ3n) is 3.74. The summed E-state index contributed by atoms with van der Waals surface area (Å²) in [5, 5.41) is 7.60. The molecule has 0 bridgehead atoms. The number of ether oxygens (including phenoxy) is 1. The number of aromatic amines is 1. The molecule has 0 atom stereocenters. The Labute approximate surface area is 107 Å². The molecule has 0 aromatic carbocycles. The molecule has 1 aliphatic heterocycles. The molecule has 1 fully saturated rings. The van der Waals surface area contributed by atoms with Gasteiger partial charge in [0, 0.05) is 31.1 Å². The Bertz CT molecular complexity index is 451. The van der Waals surface area contributed by atoms with E-state index in [0.717, 1.165) is 25.9 Å². The summed E-state index contributed by atoms with van der Waals surface area (Å²) < 4.78 is 5.06. The maximum Gasteiger partial charge on any atom is 0.409 e. The van der Waals surface area contributed by atoms with Crippen LogP contribution in [0.2, 0.25) is 0 Å². The van der Waals surface area contributed by atoms with E-state index in [4.69, 9.17) is 4.74 Å². The molecule has 0 spiro atoms. The van der Waals surface area contributed by atoms with Crippen molar-refractivity contribution in [2.75, 3.05) is 19.7 Å². The number of fused-ring (bicyclic) bond motifs is 1. The summed E-state index contributed by atoms with van der Waals surface area (Å²) in [6.07, 6.45) is 4.09. The summed E-state index contributed by atoms with van der Waals surface area (Å²) in [5.41, 5.74) is 3.81. The number of rotatable bonds is 2. The molecule has 1 aromatic rings. The van der Waals surface area contributed by atoms with Crippen LogP contribution in [0.4, 0.5) is 4.79 Å². The zero-order chi connectivity index (χ0) is 12.5. The highest BCUT2D eigenvalue weighted by atomic mass is 16.6. The Morgan fingerprint density at radius 2 is 2.22 bits per heavy atom. The fourth-order valence-electron chi connectivity index (χ4n) is 2.60. The number of aromatic nitrogens is 2. The lowest BCUT2D eigenvalue weighted by molar-refractivity contribution is 0.109. The lowest BCUT2D eigenvalue weighted by Crippen LogP contribution is -2.33. The van der Waals surface area contributed by atoms with Gasteiger partial charge in [0.15, 0.2) is 0 Å². The molecule has 1 amide bonds. The first kappa shape index (κ1) is 11.6. The highest BCUT2D eigenvalue weighted by Crippen LogP contribution is 2.41. The maximum absolute atomic E-state index is 11.7. The van der Waals surface area contributed by atoms with Gasteiger partial charge in [0.2, 0.25) is 0 Å². The van der Waals surface area contributed by atoms with Crippen LogP contribution in [0.1, 0.15) is 42.6 Å². The molecule has 0 radical (unpaired) electrons. The summed E-state index contributed by atoms with van der Waals surface area (Å²) in [4.78, 5) is 13.5. The van der Waals surface area contributed by atoms with Crippen LogP contribution in [-0.4, -0.2) is 40.9 Å². The fourth-order valence-corrected chi connectivity index (χ4v) is 2.60. The average Bonchev–Trinajstić information content (AvgIpc) is 3.16. The lowest BCUT2D eigenvalue weighted by atomic mass is 10.1. The van der Waals surface area contributed by atoms with Crippen molar-refractivity contribution in [3.8, 4) is 0 Å². The van der Waals surface area contributed by atoms with Gasteiger partial charge in [-0.1, -0.05) is 0 Å². The van der Waals surface area contributed by atoms with E-state index in [-0.39, 0.29) is 6.09 Å². The molecule has 1 aromatic heterocycles. The largest absolute Gasteiger partial charge is 0.450 e. The zero-order valence-electron chi connectivity index (χ0n) is 10.7. The highest BCUT2D eigenvalue weighted by Gasteiger charge is 2.31. The Morgan fingerprint density at radius 3 is 2.94 bits per heavy atom. The van der Waals surface area contributed by atoms with Gasteiger partial charge in [0.1, 0.15) is 0 Å². The maximum atomic E-state index is 11.7. The van der Waals surface area contributed by atoms with Gasteiger partial charge in [0.05, 0.1) is 12.3 Å². The fraction of sp³-hybridized carbons (Fsp3) is 0.692. The van der Waals surface area contributed by atoms with Gasteiger partial charge in [-0.15, -0.1) is 0 Å². The van der Waals surface area contributed by atoms with Crippen LogP contribution in [0.5, 0.6) is 0 Å². The van der Waals surface area contributed by atoms with E-state index in [1.807, 2.05) is 6.92 Å². The minimum atomic E-state index is -0.191. The van der Waals surface area contributed by atoms with Crippen molar-refractivity contribution in [1.29, 1.82) is 0 Å². The molecular weight excluding hydrogens is 230 g/mol. The smallest absolute Gasteiger partial charge is 0.409 e. The molecule has 0 saturated heterocycles. The Morgan fingerprint density at radius 1 is 1.44 bits per heavy atom. The van der Waals surface area contributed by atoms with E-state index in [9.17, 15) is 4.79 Å². The Kier molecular flexibility index (Phi) is 2.97. The number of carbonyl (C=O) groups excluding carboxylic acids is 1. The second-order valence-electron chi connectivity index (χ2n) is 5.03. The van der Waals surface area contributed by atoms with Crippen LogP contribution in [0.3, 0.4) is 0 Å². The Balaban J connectivity index is 1.72. The van der Waals surface area contributed by atoms with Crippen LogP contribution >= 0.6 is 0 Å². The predicted molar refractivity (Wildman–Crippen MR) is 66.6 cm³/mol. The van der Waals surface area contributed by atoms with Gasteiger partial charge in [-0.2, -0.15) is 5.10 Å². The second-order valence-corrected chi connectivity index (χ2v) is 5.03. The summed E-state index contributed by atoms with van der Waals surface area (Å²) in [6.45, 7) is 3.74. The number of nitrogens with one attached hydrogen (secondary N) is 1.